The molecule has 0 aliphatic heterocycles. The number of benzene rings is 2. The fourth-order valence-electron chi connectivity index (χ4n) is 3.33. The molecule has 0 unspecified atom stereocenters. The van der Waals surface area contributed by atoms with Crippen LogP contribution in [-0.2, 0) is 26.2 Å². The molecule has 0 spiro atoms. The van der Waals surface area contributed by atoms with Crippen molar-refractivity contribution < 1.29 is 27.2 Å². The second kappa shape index (κ2) is 11.9. The monoisotopic (exact) mass is 505 g/mol. The number of nitrogens with zero attached hydrogens (tertiary/aromatic N) is 2. The number of carbonyl (C=O) groups is 3. The first-order chi connectivity index (χ1) is 16.3. The Morgan fingerprint density at radius 2 is 1.69 bits per heavy atom. The first-order valence-electron chi connectivity index (χ1n) is 11.3. The molecule has 0 radical (unpaired) electrons. The molecule has 2 rings (SSSR count). The fraction of sp³-hybridized carbons (Fsp3) is 0.400. The number of hydrogen-bond acceptors (Lipinski definition) is 5. The predicted octanol–water partition coefficient (Wildman–Crippen LogP) is 3.13. The van der Waals surface area contributed by atoms with Crippen LogP contribution >= 0.6 is 0 Å². The summed E-state index contributed by atoms with van der Waals surface area (Å²) in [4.78, 5) is 39.4. The zero-order valence-corrected chi connectivity index (χ0v) is 21.4. The summed E-state index contributed by atoms with van der Waals surface area (Å²) in [5.74, 6) is -1.71. The van der Waals surface area contributed by atoms with Gasteiger partial charge in [-0.2, -0.15) is 0 Å². The van der Waals surface area contributed by atoms with Gasteiger partial charge in [-0.1, -0.05) is 31.2 Å². The van der Waals surface area contributed by atoms with Crippen molar-refractivity contribution in [1.82, 2.24) is 10.2 Å². The number of halogens is 1. The third kappa shape index (κ3) is 7.88. The number of carbonyl (C=O) groups excluding carboxylic acids is 3. The van der Waals surface area contributed by atoms with Crippen LogP contribution in [-0.4, -0.2) is 55.8 Å². The van der Waals surface area contributed by atoms with Gasteiger partial charge in [0.25, 0.3) is 0 Å². The number of amides is 2. The molecule has 2 aromatic carbocycles. The lowest BCUT2D eigenvalue weighted by Gasteiger charge is -2.32. The highest BCUT2D eigenvalue weighted by Gasteiger charge is 2.30. The molecule has 0 fully saturated rings. The molecule has 2 aromatic rings. The van der Waals surface area contributed by atoms with Gasteiger partial charge in [0, 0.05) is 18.2 Å². The van der Waals surface area contributed by atoms with Crippen LogP contribution in [0.3, 0.4) is 0 Å². The molecule has 35 heavy (non-hydrogen) atoms. The predicted molar refractivity (Wildman–Crippen MR) is 133 cm³/mol. The minimum Gasteiger partial charge on any atom is -0.352 e. The summed E-state index contributed by atoms with van der Waals surface area (Å²) in [7, 11) is -3.91. The molecule has 8 nitrogen and oxygen atoms in total. The zero-order chi connectivity index (χ0) is 26.3. The van der Waals surface area contributed by atoms with Gasteiger partial charge in [0.1, 0.15) is 18.4 Å². The standard InChI is InChI=1S/C25H32FN3O5S/c1-6-17(2)27-25(32)18(3)28(15-20-10-12-22(26)13-11-20)24(31)16-29(35(5,33)34)23-9-7-8-21(14-23)19(4)30/h7-14,17-18H,6,15-16H2,1-5H3,(H,27,32)/t17-,18-/m1/s1. The number of Topliss-reactive ketones (excluding diaryl/α,β-unsaturated/α-hetero) is 1. The lowest BCUT2D eigenvalue weighted by Crippen LogP contribution is -2.52. The van der Waals surface area contributed by atoms with Crippen molar-refractivity contribution in [2.45, 2.75) is 52.7 Å². The molecule has 0 saturated carbocycles. The van der Waals surface area contributed by atoms with Crippen LogP contribution in [0.2, 0.25) is 0 Å². The van der Waals surface area contributed by atoms with Gasteiger partial charge in [-0.25, -0.2) is 12.8 Å². The van der Waals surface area contributed by atoms with E-state index in [1.807, 2.05) is 13.8 Å². The van der Waals surface area contributed by atoms with Crippen molar-refractivity contribution in [2.75, 3.05) is 17.1 Å². The molecular formula is C25H32FN3O5S. The normalized spacial score (nSPS) is 13.0. The van der Waals surface area contributed by atoms with Gasteiger partial charge in [-0.3, -0.25) is 18.7 Å². The third-order valence-corrected chi connectivity index (χ3v) is 6.79. The van der Waals surface area contributed by atoms with E-state index < -0.39 is 34.3 Å². The van der Waals surface area contributed by atoms with E-state index in [-0.39, 0.29) is 30.0 Å². The molecule has 0 saturated heterocycles. The average molecular weight is 506 g/mol. The van der Waals surface area contributed by atoms with Crippen LogP contribution in [0.25, 0.3) is 0 Å². The summed E-state index contributed by atoms with van der Waals surface area (Å²) in [6.07, 6.45) is 1.66. The maximum Gasteiger partial charge on any atom is 0.244 e. The van der Waals surface area contributed by atoms with E-state index in [9.17, 15) is 27.2 Å². The molecule has 190 valence electrons. The van der Waals surface area contributed by atoms with Crippen LogP contribution in [0.15, 0.2) is 48.5 Å². The Kier molecular flexibility index (Phi) is 9.53. The van der Waals surface area contributed by atoms with E-state index in [0.717, 1.165) is 10.6 Å². The summed E-state index contributed by atoms with van der Waals surface area (Å²) < 4.78 is 39.5. The zero-order valence-electron chi connectivity index (χ0n) is 20.6. The molecule has 0 aliphatic rings. The Labute approximate surface area is 206 Å². The summed E-state index contributed by atoms with van der Waals surface area (Å²) in [5.41, 5.74) is 1.03. The van der Waals surface area contributed by atoms with E-state index in [4.69, 9.17) is 0 Å². The van der Waals surface area contributed by atoms with Gasteiger partial charge in [-0.05, 0) is 57.0 Å². The van der Waals surface area contributed by atoms with E-state index in [0.29, 0.717) is 17.5 Å². The summed E-state index contributed by atoms with van der Waals surface area (Å²) in [5, 5.41) is 2.83. The molecule has 1 N–H and O–H groups in total. The smallest absolute Gasteiger partial charge is 0.244 e. The third-order valence-electron chi connectivity index (χ3n) is 5.65. The highest BCUT2D eigenvalue weighted by molar-refractivity contribution is 7.92. The number of ketones is 1. The Morgan fingerprint density at radius 3 is 2.23 bits per heavy atom. The van der Waals surface area contributed by atoms with Crippen molar-refractivity contribution in [3.05, 3.63) is 65.5 Å². The quantitative estimate of drug-likeness (QED) is 0.473. The second-order valence-electron chi connectivity index (χ2n) is 8.52. The number of rotatable bonds is 11. The van der Waals surface area contributed by atoms with Gasteiger partial charge < -0.3 is 10.2 Å². The largest absolute Gasteiger partial charge is 0.352 e. The van der Waals surface area contributed by atoms with Crippen molar-refractivity contribution in [3.63, 3.8) is 0 Å². The van der Waals surface area contributed by atoms with Crippen molar-refractivity contribution in [3.8, 4) is 0 Å². The second-order valence-corrected chi connectivity index (χ2v) is 10.4. The van der Waals surface area contributed by atoms with Crippen LogP contribution < -0.4 is 9.62 Å². The number of nitrogens with one attached hydrogen (secondary N) is 1. The van der Waals surface area contributed by atoms with Gasteiger partial charge in [-0.15, -0.1) is 0 Å². The van der Waals surface area contributed by atoms with Crippen LogP contribution in [0, 0.1) is 5.82 Å². The minimum absolute atomic E-state index is 0.0285. The Hall–Kier alpha value is -3.27. The summed E-state index contributed by atoms with van der Waals surface area (Å²) in [6.45, 7) is 6.05. The van der Waals surface area contributed by atoms with E-state index in [1.165, 1.54) is 54.3 Å². The highest BCUT2D eigenvalue weighted by atomic mass is 32.2. The molecule has 0 aromatic heterocycles. The molecule has 0 aliphatic carbocycles. The average Bonchev–Trinajstić information content (AvgIpc) is 2.80. The topological polar surface area (TPSA) is 104 Å². The van der Waals surface area contributed by atoms with Crippen molar-refractivity contribution >= 4 is 33.3 Å². The number of hydrogen-bond donors (Lipinski definition) is 1. The van der Waals surface area contributed by atoms with E-state index in [1.54, 1.807) is 13.0 Å². The molecular weight excluding hydrogens is 473 g/mol. The molecule has 0 bridgehead atoms. The molecule has 2 atom stereocenters. The maximum atomic E-state index is 13.5. The van der Waals surface area contributed by atoms with Gasteiger partial charge >= 0.3 is 0 Å². The highest BCUT2D eigenvalue weighted by Crippen LogP contribution is 2.21. The van der Waals surface area contributed by atoms with Gasteiger partial charge in [0.05, 0.1) is 11.9 Å². The van der Waals surface area contributed by atoms with Crippen molar-refractivity contribution in [1.29, 1.82) is 0 Å². The summed E-state index contributed by atoms with van der Waals surface area (Å²) in [6, 6.07) is 10.4. The first-order valence-corrected chi connectivity index (χ1v) is 13.1. The first kappa shape index (κ1) is 28.0. The Bertz CT molecular complexity index is 1170. The lowest BCUT2D eigenvalue weighted by atomic mass is 10.1. The molecule has 0 heterocycles. The van der Waals surface area contributed by atoms with Crippen LogP contribution in [0.5, 0.6) is 0 Å². The Balaban J connectivity index is 2.41. The number of anilines is 1. The lowest BCUT2D eigenvalue weighted by molar-refractivity contribution is -0.139. The van der Waals surface area contributed by atoms with Gasteiger partial charge in [0.15, 0.2) is 5.78 Å². The van der Waals surface area contributed by atoms with Gasteiger partial charge in [0.2, 0.25) is 21.8 Å². The van der Waals surface area contributed by atoms with Crippen LogP contribution in [0.4, 0.5) is 10.1 Å². The van der Waals surface area contributed by atoms with Crippen molar-refractivity contribution in [2.24, 2.45) is 0 Å². The molecule has 2 amide bonds. The van der Waals surface area contributed by atoms with E-state index in [2.05, 4.69) is 5.32 Å². The SMILES string of the molecule is CC[C@@H](C)NC(=O)[C@@H](C)N(Cc1ccc(F)cc1)C(=O)CN(c1cccc(C(C)=O)c1)S(C)(=O)=O. The number of sulfonamides is 1. The maximum absolute atomic E-state index is 13.5. The fourth-order valence-corrected chi connectivity index (χ4v) is 4.17. The Morgan fingerprint density at radius 1 is 1.06 bits per heavy atom. The van der Waals surface area contributed by atoms with Crippen LogP contribution in [0.1, 0.15) is 50.0 Å². The minimum atomic E-state index is -3.91. The van der Waals surface area contributed by atoms with E-state index >= 15 is 0 Å². The molecule has 10 heteroatoms. The summed E-state index contributed by atoms with van der Waals surface area (Å²) >= 11 is 0.